The van der Waals surface area contributed by atoms with Crippen LogP contribution in [0.1, 0.15) is 18.2 Å². The Bertz CT molecular complexity index is 321. The van der Waals surface area contributed by atoms with Crippen LogP contribution in [0.4, 0.5) is 0 Å². The van der Waals surface area contributed by atoms with Crippen molar-refractivity contribution in [1.29, 1.82) is 0 Å². The maximum atomic E-state index is 3.66. The van der Waals surface area contributed by atoms with Gasteiger partial charge in [-0.2, -0.15) is 11.8 Å². The van der Waals surface area contributed by atoms with Gasteiger partial charge in [-0.25, -0.2) is 0 Å². The third-order valence-corrected chi connectivity index (χ3v) is 6.23. The van der Waals surface area contributed by atoms with Gasteiger partial charge in [0.25, 0.3) is 0 Å². The monoisotopic (exact) mass is 319 g/mol. The Morgan fingerprint density at radius 3 is 3.06 bits per heavy atom. The number of halogens is 1. The largest absolute Gasteiger partial charge is 0.314 e. The summed E-state index contributed by atoms with van der Waals surface area (Å²) in [5, 5.41) is 5.83. The highest BCUT2D eigenvalue weighted by Gasteiger charge is 2.25. The Morgan fingerprint density at radius 2 is 2.50 bits per heavy atom. The van der Waals surface area contributed by atoms with E-state index in [1.807, 2.05) is 11.3 Å². The number of hydrogen-bond acceptors (Lipinski definition) is 3. The van der Waals surface area contributed by atoms with Crippen molar-refractivity contribution in [3.8, 4) is 0 Å². The van der Waals surface area contributed by atoms with Crippen LogP contribution >= 0.6 is 39.0 Å². The van der Waals surface area contributed by atoms with Crippen LogP contribution in [0.5, 0.6) is 0 Å². The zero-order valence-electron chi connectivity index (χ0n) is 9.54. The minimum atomic E-state index is 0.662. The SMILES string of the molecule is CCNC(Cc1sccc1Br)C1CCSC1. The molecule has 2 atom stereocenters. The normalized spacial score (nSPS) is 22.5. The molecule has 1 saturated heterocycles. The number of likely N-dealkylation sites (N-methyl/N-ethyl adjacent to an activating group) is 1. The molecule has 4 heteroatoms. The predicted molar refractivity (Wildman–Crippen MR) is 78.6 cm³/mol. The van der Waals surface area contributed by atoms with Gasteiger partial charge in [0.15, 0.2) is 0 Å². The predicted octanol–water partition coefficient (Wildman–Crippen LogP) is 3.78. The van der Waals surface area contributed by atoms with Gasteiger partial charge in [0.2, 0.25) is 0 Å². The first-order chi connectivity index (χ1) is 7.81. The van der Waals surface area contributed by atoms with Crippen LogP contribution in [-0.4, -0.2) is 24.1 Å². The Morgan fingerprint density at radius 1 is 1.62 bits per heavy atom. The van der Waals surface area contributed by atoms with E-state index >= 15 is 0 Å². The molecule has 0 bridgehead atoms. The average Bonchev–Trinajstić information content (AvgIpc) is 2.90. The second-order valence-electron chi connectivity index (χ2n) is 4.18. The third-order valence-electron chi connectivity index (χ3n) is 3.10. The van der Waals surface area contributed by atoms with Gasteiger partial charge in [0, 0.05) is 15.4 Å². The molecule has 1 N–H and O–H groups in total. The van der Waals surface area contributed by atoms with E-state index in [-0.39, 0.29) is 0 Å². The Balaban J connectivity index is 1.99. The van der Waals surface area contributed by atoms with E-state index in [1.54, 1.807) is 0 Å². The highest BCUT2D eigenvalue weighted by Crippen LogP contribution is 2.31. The summed E-state index contributed by atoms with van der Waals surface area (Å²) in [6.07, 6.45) is 2.56. The van der Waals surface area contributed by atoms with Crippen LogP contribution in [0.2, 0.25) is 0 Å². The van der Waals surface area contributed by atoms with E-state index in [0.29, 0.717) is 6.04 Å². The first kappa shape index (κ1) is 12.9. The summed E-state index contributed by atoms with van der Waals surface area (Å²) in [6.45, 7) is 3.29. The first-order valence-corrected chi connectivity index (χ1v) is 8.67. The molecule has 1 aliphatic rings. The molecule has 0 radical (unpaired) electrons. The Labute approximate surface area is 115 Å². The second-order valence-corrected chi connectivity index (χ2v) is 7.19. The fraction of sp³-hybridized carbons (Fsp3) is 0.667. The van der Waals surface area contributed by atoms with E-state index in [2.05, 4.69) is 51.4 Å². The summed E-state index contributed by atoms with van der Waals surface area (Å²) in [5.74, 6) is 3.54. The van der Waals surface area contributed by atoms with Crippen LogP contribution in [0.15, 0.2) is 15.9 Å². The van der Waals surface area contributed by atoms with Gasteiger partial charge < -0.3 is 5.32 Å². The van der Waals surface area contributed by atoms with Gasteiger partial charge in [-0.3, -0.25) is 0 Å². The summed E-state index contributed by atoms with van der Waals surface area (Å²) in [7, 11) is 0. The molecule has 16 heavy (non-hydrogen) atoms. The van der Waals surface area contributed by atoms with Gasteiger partial charge in [-0.05, 0) is 64.2 Å². The molecular formula is C12H18BrNS2. The van der Waals surface area contributed by atoms with Crippen LogP contribution in [0, 0.1) is 5.92 Å². The number of nitrogens with one attached hydrogen (secondary N) is 1. The molecule has 0 saturated carbocycles. The lowest BCUT2D eigenvalue weighted by molar-refractivity contribution is 0.388. The van der Waals surface area contributed by atoms with Crippen molar-refractivity contribution in [3.05, 3.63) is 20.8 Å². The van der Waals surface area contributed by atoms with E-state index < -0.39 is 0 Å². The lowest BCUT2D eigenvalue weighted by Gasteiger charge is -2.23. The molecule has 2 unspecified atom stereocenters. The smallest absolute Gasteiger partial charge is 0.0314 e. The molecule has 2 heterocycles. The maximum absolute atomic E-state index is 3.66. The van der Waals surface area contributed by atoms with Crippen molar-refractivity contribution < 1.29 is 0 Å². The van der Waals surface area contributed by atoms with Crippen LogP contribution < -0.4 is 5.32 Å². The quantitative estimate of drug-likeness (QED) is 0.886. The van der Waals surface area contributed by atoms with E-state index in [9.17, 15) is 0 Å². The Kier molecular flexibility index (Phi) is 5.20. The topological polar surface area (TPSA) is 12.0 Å². The molecule has 0 spiro atoms. The molecule has 1 aromatic rings. The van der Waals surface area contributed by atoms with Gasteiger partial charge in [-0.1, -0.05) is 6.92 Å². The molecule has 1 aliphatic heterocycles. The molecule has 0 aromatic carbocycles. The summed E-state index contributed by atoms with van der Waals surface area (Å²) in [6, 6.07) is 2.82. The summed E-state index contributed by atoms with van der Waals surface area (Å²) < 4.78 is 1.28. The van der Waals surface area contributed by atoms with Crippen LogP contribution in [-0.2, 0) is 6.42 Å². The summed E-state index contributed by atoms with van der Waals surface area (Å²) in [4.78, 5) is 1.49. The first-order valence-electron chi connectivity index (χ1n) is 5.84. The molecule has 0 amide bonds. The van der Waals surface area contributed by atoms with Crippen molar-refractivity contribution in [2.45, 2.75) is 25.8 Å². The fourth-order valence-electron chi connectivity index (χ4n) is 2.21. The molecule has 2 rings (SSSR count). The zero-order valence-corrected chi connectivity index (χ0v) is 12.8. The van der Waals surface area contributed by atoms with Crippen LogP contribution in [0.3, 0.4) is 0 Å². The zero-order chi connectivity index (χ0) is 11.4. The van der Waals surface area contributed by atoms with Crippen molar-refractivity contribution in [3.63, 3.8) is 0 Å². The Hall–Kier alpha value is 0.490. The van der Waals surface area contributed by atoms with Gasteiger partial charge in [-0.15, -0.1) is 11.3 Å². The molecule has 0 aliphatic carbocycles. The minimum absolute atomic E-state index is 0.662. The van der Waals surface area contributed by atoms with Gasteiger partial charge in [0.05, 0.1) is 0 Å². The van der Waals surface area contributed by atoms with E-state index in [0.717, 1.165) is 12.5 Å². The number of rotatable bonds is 5. The summed E-state index contributed by atoms with van der Waals surface area (Å²) in [5.41, 5.74) is 0. The van der Waals surface area contributed by atoms with Gasteiger partial charge in [0.1, 0.15) is 0 Å². The lowest BCUT2D eigenvalue weighted by atomic mass is 9.95. The molecule has 1 nitrogen and oxygen atoms in total. The number of thioether (sulfide) groups is 1. The highest BCUT2D eigenvalue weighted by atomic mass is 79.9. The van der Waals surface area contributed by atoms with Gasteiger partial charge >= 0.3 is 0 Å². The second kappa shape index (κ2) is 6.43. The van der Waals surface area contributed by atoms with Crippen molar-refractivity contribution in [1.82, 2.24) is 5.32 Å². The fourth-order valence-corrected chi connectivity index (χ4v) is 5.12. The molecule has 1 aromatic heterocycles. The molecular weight excluding hydrogens is 302 g/mol. The van der Waals surface area contributed by atoms with E-state index in [4.69, 9.17) is 0 Å². The molecule has 1 fully saturated rings. The average molecular weight is 320 g/mol. The van der Waals surface area contributed by atoms with Crippen molar-refractivity contribution in [2.24, 2.45) is 5.92 Å². The van der Waals surface area contributed by atoms with Crippen molar-refractivity contribution in [2.75, 3.05) is 18.1 Å². The summed E-state index contributed by atoms with van der Waals surface area (Å²) >= 11 is 7.61. The van der Waals surface area contributed by atoms with Crippen molar-refractivity contribution >= 4 is 39.0 Å². The third kappa shape index (κ3) is 3.25. The van der Waals surface area contributed by atoms with Crippen LogP contribution in [0.25, 0.3) is 0 Å². The number of thiophene rings is 1. The highest BCUT2D eigenvalue weighted by molar-refractivity contribution is 9.10. The maximum Gasteiger partial charge on any atom is 0.0314 e. The minimum Gasteiger partial charge on any atom is -0.314 e. The molecule has 90 valence electrons. The number of hydrogen-bond donors (Lipinski definition) is 1. The standard InChI is InChI=1S/C12H18BrNS2/c1-2-14-11(9-3-5-15-8-9)7-12-10(13)4-6-16-12/h4,6,9,11,14H,2-3,5,7-8H2,1H3. The van der Waals surface area contributed by atoms with E-state index in [1.165, 1.54) is 33.7 Å². The lowest BCUT2D eigenvalue weighted by Crippen LogP contribution is -2.38.